The highest BCUT2D eigenvalue weighted by atomic mass is 35.5. The first-order valence-electron chi connectivity index (χ1n) is 7.00. The molecule has 6 heteroatoms. The van der Waals surface area contributed by atoms with Crippen LogP contribution in [0.2, 0.25) is 5.02 Å². The van der Waals surface area contributed by atoms with E-state index < -0.39 is 11.9 Å². The van der Waals surface area contributed by atoms with Crippen LogP contribution in [-0.2, 0) is 4.79 Å². The van der Waals surface area contributed by atoms with E-state index >= 15 is 0 Å². The van der Waals surface area contributed by atoms with Crippen LogP contribution in [0, 0.1) is 5.82 Å². The molecule has 0 unspecified atom stereocenters. The Labute approximate surface area is 138 Å². The quantitative estimate of drug-likeness (QED) is 0.809. The molecule has 4 nitrogen and oxygen atoms in total. The van der Waals surface area contributed by atoms with Gasteiger partial charge >= 0.3 is 0 Å². The van der Waals surface area contributed by atoms with E-state index in [1.165, 1.54) is 19.1 Å². The lowest BCUT2D eigenvalue weighted by atomic mass is 10.1. The zero-order chi connectivity index (χ0) is 17.0. The summed E-state index contributed by atoms with van der Waals surface area (Å²) < 4.78 is 13.0. The van der Waals surface area contributed by atoms with Gasteiger partial charge in [-0.2, -0.15) is 0 Å². The summed E-state index contributed by atoms with van der Waals surface area (Å²) in [5.74, 6) is -0.851. The summed E-state index contributed by atoms with van der Waals surface area (Å²) in [6.45, 7) is 3.15. The number of halogens is 2. The van der Waals surface area contributed by atoms with Crippen molar-refractivity contribution in [2.45, 2.75) is 19.9 Å². The highest BCUT2D eigenvalue weighted by Gasteiger charge is 2.15. The van der Waals surface area contributed by atoms with Crippen LogP contribution in [0.5, 0.6) is 0 Å². The number of Topliss-reactive ketones (excluding diaryl/α,β-unsaturated/α-hetero) is 1. The lowest BCUT2D eigenvalue weighted by molar-refractivity contribution is -0.116. The van der Waals surface area contributed by atoms with Crippen molar-refractivity contribution in [3.05, 3.63) is 58.9 Å². The van der Waals surface area contributed by atoms with Crippen molar-refractivity contribution in [2.24, 2.45) is 0 Å². The topological polar surface area (TPSA) is 58.2 Å². The molecular weight excluding hydrogens is 319 g/mol. The molecule has 2 aromatic carbocycles. The van der Waals surface area contributed by atoms with E-state index in [0.717, 1.165) is 6.07 Å². The normalized spacial score (nSPS) is 11.7. The summed E-state index contributed by atoms with van der Waals surface area (Å²) in [4.78, 5) is 23.6. The van der Waals surface area contributed by atoms with Gasteiger partial charge in [0.1, 0.15) is 11.9 Å². The molecule has 2 aromatic rings. The van der Waals surface area contributed by atoms with Crippen molar-refractivity contribution in [3.63, 3.8) is 0 Å². The van der Waals surface area contributed by atoms with Crippen LogP contribution in [0.3, 0.4) is 0 Å². The first-order valence-corrected chi connectivity index (χ1v) is 7.38. The number of hydrogen-bond donors (Lipinski definition) is 2. The predicted molar refractivity (Wildman–Crippen MR) is 89.6 cm³/mol. The summed E-state index contributed by atoms with van der Waals surface area (Å²) in [5.41, 5.74) is 1.55. The molecule has 0 radical (unpaired) electrons. The number of carbonyl (C=O) groups excluding carboxylic acids is 2. The fourth-order valence-electron chi connectivity index (χ4n) is 1.98. The monoisotopic (exact) mass is 334 g/mol. The lowest BCUT2D eigenvalue weighted by Crippen LogP contribution is -2.32. The molecule has 120 valence electrons. The number of nitrogens with one attached hydrogen (secondary N) is 2. The van der Waals surface area contributed by atoms with Crippen LogP contribution < -0.4 is 10.6 Å². The molecule has 0 aliphatic rings. The second-order valence-electron chi connectivity index (χ2n) is 5.12. The molecule has 0 saturated heterocycles. The molecule has 0 spiro atoms. The number of carbonyl (C=O) groups is 2. The maximum atomic E-state index is 13.0. The van der Waals surface area contributed by atoms with Gasteiger partial charge in [-0.1, -0.05) is 23.7 Å². The number of hydrogen-bond acceptors (Lipinski definition) is 3. The minimum Gasteiger partial charge on any atom is -0.374 e. The summed E-state index contributed by atoms with van der Waals surface area (Å²) in [6, 6.07) is 10.1. The second-order valence-corrected chi connectivity index (χ2v) is 5.52. The fraction of sp³-hybridized carbons (Fsp3) is 0.176. The average molecular weight is 335 g/mol. The van der Waals surface area contributed by atoms with E-state index in [1.54, 1.807) is 31.2 Å². The smallest absolute Gasteiger partial charge is 0.246 e. The Morgan fingerprint density at radius 2 is 1.91 bits per heavy atom. The van der Waals surface area contributed by atoms with Gasteiger partial charge in [-0.05, 0) is 44.2 Å². The first kappa shape index (κ1) is 17.0. The highest BCUT2D eigenvalue weighted by Crippen LogP contribution is 2.22. The van der Waals surface area contributed by atoms with Crippen LogP contribution >= 0.6 is 11.6 Å². The molecule has 0 fully saturated rings. The molecule has 0 aliphatic carbocycles. The zero-order valence-corrected chi connectivity index (χ0v) is 13.4. The molecule has 0 heterocycles. The second kappa shape index (κ2) is 7.24. The fourth-order valence-corrected chi connectivity index (χ4v) is 2.19. The van der Waals surface area contributed by atoms with Crippen molar-refractivity contribution in [1.29, 1.82) is 0 Å². The predicted octanol–water partition coefficient (Wildman–Crippen LogP) is 4.12. The minimum atomic E-state index is -0.571. The van der Waals surface area contributed by atoms with Crippen LogP contribution in [0.25, 0.3) is 0 Å². The van der Waals surface area contributed by atoms with E-state index in [9.17, 15) is 14.0 Å². The molecule has 0 aliphatic heterocycles. The molecule has 0 bridgehead atoms. The van der Waals surface area contributed by atoms with Crippen LogP contribution in [0.4, 0.5) is 15.8 Å². The van der Waals surface area contributed by atoms with Gasteiger partial charge < -0.3 is 10.6 Å². The first-order chi connectivity index (χ1) is 10.9. The molecule has 1 amide bonds. The van der Waals surface area contributed by atoms with Crippen LogP contribution in [0.1, 0.15) is 24.2 Å². The third-order valence-electron chi connectivity index (χ3n) is 3.23. The Bertz CT molecular complexity index is 749. The Morgan fingerprint density at radius 3 is 2.57 bits per heavy atom. The van der Waals surface area contributed by atoms with Crippen molar-refractivity contribution < 1.29 is 14.0 Å². The number of amides is 1. The largest absolute Gasteiger partial charge is 0.374 e. The van der Waals surface area contributed by atoms with Gasteiger partial charge in [0.05, 0.1) is 10.7 Å². The minimum absolute atomic E-state index is 0.0520. The van der Waals surface area contributed by atoms with E-state index in [0.29, 0.717) is 16.9 Å². The van der Waals surface area contributed by atoms with E-state index in [2.05, 4.69) is 10.6 Å². The summed E-state index contributed by atoms with van der Waals surface area (Å²) in [7, 11) is 0. The van der Waals surface area contributed by atoms with Gasteiger partial charge in [0, 0.05) is 11.3 Å². The molecular formula is C17H16ClFN2O2. The van der Waals surface area contributed by atoms with Crippen LogP contribution in [0.15, 0.2) is 42.5 Å². The SMILES string of the molecule is CC(=O)c1cccc(N[C@@H](C)C(=O)Nc2ccc(F)cc2Cl)c1. The van der Waals surface area contributed by atoms with Gasteiger partial charge in [-0.25, -0.2) is 4.39 Å². The Morgan fingerprint density at radius 1 is 1.17 bits per heavy atom. The highest BCUT2D eigenvalue weighted by molar-refractivity contribution is 6.33. The van der Waals surface area contributed by atoms with Crippen LogP contribution in [-0.4, -0.2) is 17.7 Å². The van der Waals surface area contributed by atoms with Gasteiger partial charge in [-0.3, -0.25) is 9.59 Å². The third kappa shape index (κ3) is 4.53. The molecule has 2 N–H and O–H groups in total. The lowest BCUT2D eigenvalue weighted by Gasteiger charge is -2.16. The molecule has 0 aromatic heterocycles. The van der Waals surface area contributed by atoms with E-state index in [4.69, 9.17) is 11.6 Å². The van der Waals surface area contributed by atoms with Gasteiger partial charge in [0.2, 0.25) is 5.91 Å². The van der Waals surface area contributed by atoms with E-state index in [1.807, 2.05) is 0 Å². The Hall–Kier alpha value is -2.40. The maximum Gasteiger partial charge on any atom is 0.246 e. The average Bonchev–Trinajstić information content (AvgIpc) is 2.50. The van der Waals surface area contributed by atoms with Crippen molar-refractivity contribution >= 4 is 34.7 Å². The van der Waals surface area contributed by atoms with Crippen molar-refractivity contribution in [1.82, 2.24) is 0 Å². The summed E-state index contributed by atoms with van der Waals surface area (Å²) in [5, 5.41) is 5.76. The third-order valence-corrected chi connectivity index (χ3v) is 3.55. The van der Waals surface area contributed by atoms with Gasteiger partial charge in [0.25, 0.3) is 0 Å². The summed E-state index contributed by atoms with van der Waals surface area (Å²) >= 11 is 5.88. The molecule has 1 atom stereocenters. The van der Waals surface area contributed by atoms with Crippen molar-refractivity contribution in [2.75, 3.05) is 10.6 Å². The number of ketones is 1. The van der Waals surface area contributed by atoms with Gasteiger partial charge in [0.15, 0.2) is 5.78 Å². The summed E-state index contributed by atoms with van der Waals surface area (Å²) in [6.07, 6.45) is 0. The Kier molecular flexibility index (Phi) is 5.34. The Balaban J connectivity index is 2.05. The molecule has 0 saturated carbocycles. The van der Waals surface area contributed by atoms with Gasteiger partial charge in [-0.15, -0.1) is 0 Å². The molecule has 23 heavy (non-hydrogen) atoms. The standard InChI is InChI=1S/C17H16ClFN2O2/c1-10(20-14-5-3-4-12(8-14)11(2)22)17(23)21-16-7-6-13(19)9-15(16)18/h3-10,20H,1-2H3,(H,21,23)/t10-/m0/s1. The number of anilines is 2. The van der Waals surface area contributed by atoms with Crippen molar-refractivity contribution in [3.8, 4) is 0 Å². The number of rotatable bonds is 5. The zero-order valence-electron chi connectivity index (χ0n) is 12.7. The van der Waals surface area contributed by atoms with E-state index in [-0.39, 0.29) is 16.7 Å². The molecule has 2 rings (SSSR count). The maximum absolute atomic E-state index is 13.0. The number of benzene rings is 2.